The molecule has 2 rings (SSSR count). The van der Waals surface area contributed by atoms with Crippen molar-refractivity contribution in [2.45, 2.75) is 12.8 Å². The molecule has 0 aromatic carbocycles. The van der Waals surface area contributed by atoms with E-state index in [0.717, 1.165) is 25.2 Å². The lowest BCUT2D eigenvalue weighted by Crippen LogP contribution is -2.14. The van der Waals surface area contributed by atoms with Crippen molar-refractivity contribution in [2.75, 3.05) is 13.1 Å². The molecule has 0 radical (unpaired) electrons. The molecule has 0 spiro atoms. The molecule has 76 valence electrons. The Hall–Kier alpha value is -0.870. The van der Waals surface area contributed by atoms with Gasteiger partial charge in [-0.2, -0.15) is 5.10 Å². The largest absolute Gasteiger partial charge is 0.316 e. The van der Waals surface area contributed by atoms with Gasteiger partial charge < -0.3 is 5.32 Å². The summed E-state index contributed by atoms with van der Waals surface area (Å²) in [5.41, 5.74) is 0.545. The van der Waals surface area contributed by atoms with Crippen LogP contribution in [0.25, 0.3) is 0 Å². The number of aromatic nitrogens is 2. The van der Waals surface area contributed by atoms with Crippen LogP contribution >= 0.6 is 11.6 Å². The first-order valence-electron chi connectivity index (χ1n) is 4.70. The van der Waals surface area contributed by atoms with E-state index in [-0.39, 0.29) is 10.6 Å². The average Bonchev–Trinajstić information content (AvgIpc) is 2.64. The zero-order chi connectivity index (χ0) is 9.97. The molecule has 1 aromatic heterocycles. The van der Waals surface area contributed by atoms with E-state index in [1.165, 1.54) is 6.42 Å². The van der Waals surface area contributed by atoms with Gasteiger partial charge in [-0.1, -0.05) is 11.6 Å². The molecule has 1 aliphatic heterocycles. The third-order valence-electron chi connectivity index (χ3n) is 2.47. The highest BCUT2D eigenvalue weighted by Gasteiger charge is 2.15. The van der Waals surface area contributed by atoms with Crippen molar-refractivity contribution in [3.05, 3.63) is 27.1 Å². The molecule has 14 heavy (non-hydrogen) atoms. The van der Waals surface area contributed by atoms with Crippen molar-refractivity contribution < 1.29 is 0 Å². The maximum atomic E-state index is 10.9. The van der Waals surface area contributed by atoms with E-state index in [0.29, 0.717) is 5.92 Å². The van der Waals surface area contributed by atoms with Crippen LogP contribution in [0.15, 0.2) is 10.9 Å². The average molecular weight is 214 g/mol. The summed E-state index contributed by atoms with van der Waals surface area (Å²) < 4.78 is 0. The molecule has 1 aromatic rings. The molecule has 2 heterocycles. The molecule has 0 saturated carbocycles. The monoisotopic (exact) mass is 213 g/mol. The fourth-order valence-corrected chi connectivity index (χ4v) is 1.88. The molecule has 0 amide bonds. The van der Waals surface area contributed by atoms with Gasteiger partial charge in [0.05, 0.1) is 5.69 Å². The van der Waals surface area contributed by atoms with Crippen LogP contribution in [0.2, 0.25) is 5.02 Å². The van der Waals surface area contributed by atoms with E-state index >= 15 is 0 Å². The van der Waals surface area contributed by atoms with E-state index in [9.17, 15) is 4.79 Å². The Morgan fingerprint density at radius 1 is 1.64 bits per heavy atom. The fraction of sp³-hybridized carbons (Fsp3) is 0.556. The molecule has 1 saturated heterocycles. The van der Waals surface area contributed by atoms with Crippen molar-refractivity contribution in [3.8, 4) is 0 Å². The summed E-state index contributed by atoms with van der Waals surface area (Å²) in [5, 5.41) is 9.85. The van der Waals surface area contributed by atoms with Crippen LogP contribution in [0.1, 0.15) is 12.1 Å². The molecule has 1 fully saturated rings. The van der Waals surface area contributed by atoms with Crippen molar-refractivity contribution in [3.63, 3.8) is 0 Å². The van der Waals surface area contributed by atoms with E-state index in [1.807, 2.05) is 0 Å². The predicted molar refractivity (Wildman–Crippen MR) is 54.5 cm³/mol. The van der Waals surface area contributed by atoms with Crippen LogP contribution in [0.4, 0.5) is 0 Å². The van der Waals surface area contributed by atoms with Gasteiger partial charge in [0, 0.05) is 0 Å². The maximum Gasteiger partial charge on any atom is 0.282 e. The fourth-order valence-electron chi connectivity index (χ4n) is 1.71. The van der Waals surface area contributed by atoms with Gasteiger partial charge in [-0.15, -0.1) is 0 Å². The standard InChI is InChI=1S/C9H12ClN3O/c10-8-4-7(12-13-9(8)14)3-6-1-2-11-5-6/h4,6,11H,1-3,5H2,(H,13,14). The Morgan fingerprint density at radius 3 is 3.14 bits per heavy atom. The topological polar surface area (TPSA) is 57.8 Å². The van der Waals surface area contributed by atoms with E-state index in [2.05, 4.69) is 15.5 Å². The zero-order valence-corrected chi connectivity index (χ0v) is 8.47. The van der Waals surface area contributed by atoms with Crippen LogP contribution < -0.4 is 10.9 Å². The van der Waals surface area contributed by atoms with Gasteiger partial charge in [0.1, 0.15) is 5.02 Å². The molecule has 2 N–H and O–H groups in total. The number of halogens is 1. The van der Waals surface area contributed by atoms with Gasteiger partial charge in [0.25, 0.3) is 5.56 Å². The molecule has 1 aliphatic rings. The van der Waals surface area contributed by atoms with Crippen molar-refractivity contribution in [1.29, 1.82) is 0 Å². The molecule has 0 aliphatic carbocycles. The van der Waals surface area contributed by atoms with Crippen molar-refractivity contribution >= 4 is 11.6 Å². The minimum atomic E-state index is -0.319. The van der Waals surface area contributed by atoms with Crippen LogP contribution in [-0.4, -0.2) is 23.3 Å². The number of rotatable bonds is 2. The summed E-state index contributed by atoms with van der Waals surface area (Å²) in [6.45, 7) is 2.10. The van der Waals surface area contributed by atoms with Gasteiger partial charge in [-0.05, 0) is 37.9 Å². The summed E-state index contributed by atoms with van der Waals surface area (Å²) in [4.78, 5) is 10.9. The Kier molecular flexibility index (Phi) is 2.84. The normalized spacial score (nSPS) is 21.4. The first kappa shape index (κ1) is 9.68. The van der Waals surface area contributed by atoms with E-state index < -0.39 is 0 Å². The molecular formula is C9H12ClN3O. The van der Waals surface area contributed by atoms with Gasteiger partial charge in [-0.3, -0.25) is 4.79 Å². The molecule has 5 heteroatoms. The van der Waals surface area contributed by atoms with Gasteiger partial charge in [0.15, 0.2) is 0 Å². The minimum Gasteiger partial charge on any atom is -0.316 e. The summed E-state index contributed by atoms with van der Waals surface area (Å²) >= 11 is 5.70. The van der Waals surface area contributed by atoms with Crippen LogP contribution in [0.5, 0.6) is 0 Å². The quantitative estimate of drug-likeness (QED) is 0.756. The number of H-pyrrole nitrogens is 1. The number of nitrogens with zero attached hydrogens (tertiary/aromatic N) is 1. The molecule has 0 bridgehead atoms. The van der Waals surface area contributed by atoms with E-state index in [1.54, 1.807) is 6.07 Å². The summed E-state index contributed by atoms with van der Waals surface area (Å²) in [5.74, 6) is 0.615. The SMILES string of the molecule is O=c1[nH]nc(CC2CCNC2)cc1Cl. The summed E-state index contributed by atoms with van der Waals surface area (Å²) in [6.07, 6.45) is 2.04. The van der Waals surface area contributed by atoms with Crippen molar-refractivity contribution in [1.82, 2.24) is 15.5 Å². The highest BCUT2D eigenvalue weighted by Crippen LogP contribution is 2.14. The second-order valence-corrected chi connectivity index (χ2v) is 4.01. The highest BCUT2D eigenvalue weighted by atomic mass is 35.5. The zero-order valence-electron chi connectivity index (χ0n) is 7.72. The minimum absolute atomic E-state index is 0.223. The number of hydrogen-bond donors (Lipinski definition) is 2. The third kappa shape index (κ3) is 2.13. The lowest BCUT2D eigenvalue weighted by molar-refractivity contribution is 0.566. The number of nitrogens with one attached hydrogen (secondary N) is 2. The summed E-state index contributed by atoms with van der Waals surface area (Å²) in [6, 6.07) is 1.65. The number of hydrogen-bond acceptors (Lipinski definition) is 3. The molecule has 1 unspecified atom stereocenters. The lowest BCUT2D eigenvalue weighted by Gasteiger charge is -2.06. The van der Waals surface area contributed by atoms with Gasteiger partial charge >= 0.3 is 0 Å². The Balaban J connectivity index is 2.09. The van der Waals surface area contributed by atoms with E-state index in [4.69, 9.17) is 11.6 Å². The Morgan fingerprint density at radius 2 is 2.50 bits per heavy atom. The Bertz CT molecular complexity index is 371. The van der Waals surface area contributed by atoms with Crippen LogP contribution in [-0.2, 0) is 6.42 Å². The number of aromatic amines is 1. The second-order valence-electron chi connectivity index (χ2n) is 3.60. The van der Waals surface area contributed by atoms with Crippen LogP contribution in [0.3, 0.4) is 0 Å². The highest BCUT2D eigenvalue weighted by molar-refractivity contribution is 6.30. The Labute approximate surface area is 86.7 Å². The predicted octanol–water partition coefficient (Wildman–Crippen LogP) is 0.575. The first-order chi connectivity index (χ1) is 6.75. The molecule has 1 atom stereocenters. The van der Waals surface area contributed by atoms with Crippen LogP contribution in [0, 0.1) is 5.92 Å². The van der Waals surface area contributed by atoms with Crippen molar-refractivity contribution in [2.24, 2.45) is 5.92 Å². The maximum absolute atomic E-state index is 10.9. The third-order valence-corrected chi connectivity index (χ3v) is 2.75. The smallest absolute Gasteiger partial charge is 0.282 e. The summed E-state index contributed by atoms with van der Waals surface area (Å²) in [7, 11) is 0. The van der Waals surface area contributed by atoms with Gasteiger partial charge in [0.2, 0.25) is 0 Å². The second kappa shape index (κ2) is 4.11. The lowest BCUT2D eigenvalue weighted by atomic mass is 10.0. The molecular weight excluding hydrogens is 202 g/mol. The molecule has 4 nitrogen and oxygen atoms in total. The van der Waals surface area contributed by atoms with Gasteiger partial charge in [-0.25, -0.2) is 5.10 Å². The first-order valence-corrected chi connectivity index (χ1v) is 5.08.